The first-order valence-electron chi connectivity index (χ1n) is 2.16. The zero-order chi connectivity index (χ0) is 4.41. The summed E-state index contributed by atoms with van der Waals surface area (Å²) in [7, 11) is 0. The SMILES string of the molecule is CCN=c1cc1. The number of rotatable bonds is 1. The first kappa shape index (κ1) is 3.59. The highest BCUT2D eigenvalue weighted by Crippen LogP contribution is 1.70. The van der Waals surface area contributed by atoms with Gasteiger partial charge in [0, 0.05) is 6.54 Å². The Balaban J connectivity index is 2.54. The van der Waals surface area contributed by atoms with Crippen molar-refractivity contribution >= 4 is 0 Å². The molecule has 0 unspecified atom stereocenters. The maximum atomic E-state index is 4.04. The fourth-order valence-electron chi connectivity index (χ4n) is 0.325. The molecule has 0 aliphatic carbocycles. The second-order valence-electron chi connectivity index (χ2n) is 1.23. The topological polar surface area (TPSA) is 12.4 Å². The summed E-state index contributed by atoms with van der Waals surface area (Å²) in [4.78, 5) is 4.04. The predicted octanol–water partition coefficient (Wildman–Crippen LogP) is 0.483. The summed E-state index contributed by atoms with van der Waals surface area (Å²) in [6.07, 6.45) is 0. The Morgan fingerprint density at radius 2 is 2.33 bits per heavy atom. The quantitative estimate of drug-likeness (QED) is 0.466. The summed E-state index contributed by atoms with van der Waals surface area (Å²) in [5.41, 5.74) is 0. The van der Waals surface area contributed by atoms with Crippen molar-refractivity contribution in [3.8, 4) is 0 Å². The van der Waals surface area contributed by atoms with Crippen LogP contribution < -0.4 is 5.36 Å². The Bertz CT molecular complexity index is 124. The zero-order valence-corrected chi connectivity index (χ0v) is 3.81. The van der Waals surface area contributed by atoms with Gasteiger partial charge in [-0.05, 0) is 19.1 Å². The molecule has 1 nitrogen and oxygen atoms in total. The molecule has 0 aliphatic heterocycles. The average molecular weight is 81.1 g/mol. The minimum atomic E-state index is 0.919. The first-order valence-corrected chi connectivity index (χ1v) is 2.16. The second kappa shape index (κ2) is 1.25. The molecule has 0 saturated carbocycles. The van der Waals surface area contributed by atoms with E-state index in [-0.39, 0.29) is 0 Å². The van der Waals surface area contributed by atoms with E-state index in [1.165, 1.54) is 0 Å². The molecule has 0 atom stereocenters. The van der Waals surface area contributed by atoms with Crippen LogP contribution in [-0.4, -0.2) is 6.54 Å². The monoisotopic (exact) mass is 81.1 g/mol. The van der Waals surface area contributed by atoms with Crippen LogP contribution in [-0.2, 0) is 0 Å². The number of nitrogens with zero attached hydrogens (tertiary/aromatic N) is 1. The summed E-state index contributed by atoms with van der Waals surface area (Å²) < 4.78 is 0. The summed E-state index contributed by atoms with van der Waals surface area (Å²) >= 11 is 0. The van der Waals surface area contributed by atoms with Gasteiger partial charge < -0.3 is 0 Å². The van der Waals surface area contributed by atoms with E-state index in [1.807, 2.05) is 19.1 Å². The smallest absolute Gasteiger partial charge is 0.0575 e. The van der Waals surface area contributed by atoms with E-state index in [0.29, 0.717) is 0 Å². The van der Waals surface area contributed by atoms with Crippen molar-refractivity contribution < 1.29 is 0 Å². The maximum absolute atomic E-state index is 4.04. The van der Waals surface area contributed by atoms with E-state index in [9.17, 15) is 0 Å². The van der Waals surface area contributed by atoms with Crippen molar-refractivity contribution in [1.82, 2.24) is 0 Å². The molecule has 0 aromatic heterocycles. The van der Waals surface area contributed by atoms with Crippen molar-refractivity contribution in [3.05, 3.63) is 17.5 Å². The van der Waals surface area contributed by atoms with Crippen LogP contribution in [0.3, 0.4) is 0 Å². The van der Waals surface area contributed by atoms with Crippen molar-refractivity contribution in [2.45, 2.75) is 6.92 Å². The van der Waals surface area contributed by atoms with E-state index >= 15 is 0 Å². The molecule has 1 aromatic rings. The molecule has 0 bridgehead atoms. The summed E-state index contributed by atoms with van der Waals surface area (Å²) in [6, 6.07) is 4.01. The van der Waals surface area contributed by atoms with Crippen LogP contribution in [0.1, 0.15) is 6.92 Å². The molecular formula is C5H7N. The fourth-order valence-corrected chi connectivity index (χ4v) is 0.325. The highest BCUT2D eigenvalue weighted by molar-refractivity contribution is 4.99. The molecular weight excluding hydrogens is 74.1 g/mol. The molecule has 0 fully saturated rings. The van der Waals surface area contributed by atoms with Gasteiger partial charge in [0.2, 0.25) is 0 Å². The van der Waals surface area contributed by atoms with E-state index in [1.54, 1.807) is 0 Å². The molecule has 32 valence electrons. The van der Waals surface area contributed by atoms with Crippen LogP contribution in [0, 0.1) is 0 Å². The van der Waals surface area contributed by atoms with Crippen LogP contribution in [0.2, 0.25) is 0 Å². The lowest BCUT2D eigenvalue weighted by molar-refractivity contribution is 1.08. The minimum Gasteiger partial charge on any atom is -0.286 e. The highest BCUT2D eigenvalue weighted by Gasteiger charge is 1.79. The second-order valence-corrected chi connectivity index (χ2v) is 1.23. The standard InChI is InChI=1S/C5H7N/c1-2-6-5-3-4-5/h3-4H,2H2,1H3. The van der Waals surface area contributed by atoms with Gasteiger partial charge in [0.1, 0.15) is 0 Å². The van der Waals surface area contributed by atoms with Crippen molar-refractivity contribution in [2.75, 3.05) is 6.54 Å². The molecule has 0 aliphatic rings. The summed E-state index contributed by atoms with van der Waals surface area (Å²) in [6.45, 7) is 2.95. The van der Waals surface area contributed by atoms with Gasteiger partial charge in [0.25, 0.3) is 0 Å². The number of hydrogen-bond acceptors (Lipinski definition) is 1. The molecule has 6 heavy (non-hydrogen) atoms. The zero-order valence-electron chi connectivity index (χ0n) is 3.81. The highest BCUT2D eigenvalue weighted by atomic mass is 14.7. The van der Waals surface area contributed by atoms with Gasteiger partial charge in [-0.25, -0.2) is 0 Å². The Kier molecular flexibility index (Phi) is 0.748. The minimum absolute atomic E-state index is 0.919. The van der Waals surface area contributed by atoms with Crippen molar-refractivity contribution in [1.29, 1.82) is 0 Å². The van der Waals surface area contributed by atoms with Gasteiger partial charge in [-0.1, -0.05) is 0 Å². The van der Waals surface area contributed by atoms with E-state index in [4.69, 9.17) is 0 Å². The van der Waals surface area contributed by atoms with Crippen molar-refractivity contribution in [2.24, 2.45) is 4.99 Å². The molecule has 1 heteroatoms. The Labute approximate surface area is 37.0 Å². The lowest BCUT2D eigenvalue weighted by Crippen LogP contribution is -1.79. The summed E-state index contributed by atoms with van der Waals surface area (Å²) in [5.74, 6) is 0. The number of hydrogen-bond donors (Lipinski definition) is 0. The molecule has 0 radical (unpaired) electrons. The molecule has 1 aromatic carbocycles. The first-order chi connectivity index (χ1) is 2.93. The molecule has 0 spiro atoms. The average Bonchev–Trinajstić information content (AvgIpc) is 2.21. The van der Waals surface area contributed by atoms with Crippen LogP contribution >= 0.6 is 0 Å². The molecule has 0 heterocycles. The molecule has 1 rings (SSSR count). The van der Waals surface area contributed by atoms with Gasteiger partial charge >= 0.3 is 0 Å². The third-order valence-corrected chi connectivity index (χ3v) is 0.656. The molecule has 0 amide bonds. The normalized spacial score (nSPS) is 9.50. The Morgan fingerprint density at radius 3 is 2.50 bits per heavy atom. The lowest BCUT2D eigenvalue weighted by Gasteiger charge is -1.65. The van der Waals surface area contributed by atoms with Crippen LogP contribution in [0.5, 0.6) is 0 Å². The fraction of sp³-hybridized carbons (Fsp3) is 0.400. The van der Waals surface area contributed by atoms with E-state index in [0.717, 1.165) is 11.9 Å². The lowest BCUT2D eigenvalue weighted by atomic mass is 10.8. The van der Waals surface area contributed by atoms with Gasteiger partial charge in [-0.15, -0.1) is 0 Å². The summed E-state index contributed by atoms with van der Waals surface area (Å²) in [5, 5.41) is 1.16. The third-order valence-electron chi connectivity index (χ3n) is 0.656. The van der Waals surface area contributed by atoms with E-state index < -0.39 is 0 Å². The Morgan fingerprint density at radius 1 is 1.67 bits per heavy atom. The predicted molar refractivity (Wildman–Crippen MR) is 24.9 cm³/mol. The van der Waals surface area contributed by atoms with Crippen LogP contribution in [0.15, 0.2) is 17.1 Å². The maximum Gasteiger partial charge on any atom is 0.0575 e. The van der Waals surface area contributed by atoms with Crippen LogP contribution in [0.4, 0.5) is 0 Å². The van der Waals surface area contributed by atoms with Gasteiger partial charge in [-0.3, -0.25) is 4.99 Å². The van der Waals surface area contributed by atoms with Gasteiger partial charge in [-0.2, -0.15) is 0 Å². The largest absolute Gasteiger partial charge is 0.286 e. The van der Waals surface area contributed by atoms with Crippen molar-refractivity contribution in [3.63, 3.8) is 0 Å². The van der Waals surface area contributed by atoms with E-state index in [2.05, 4.69) is 4.99 Å². The van der Waals surface area contributed by atoms with Crippen LogP contribution in [0.25, 0.3) is 0 Å². The van der Waals surface area contributed by atoms with Gasteiger partial charge in [0.15, 0.2) is 0 Å². The Hall–Kier alpha value is -0.590. The molecule has 0 saturated heterocycles. The van der Waals surface area contributed by atoms with Gasteiger partial charge in [0.05, 0.1) is 5.36 Å². The third kappa shape index (κ3) is 0.677. The molecule has 0 N–H and O–H groups in total.